The zero-order chi connectivity index (χ0) is 10.1. The van der Waals surface area contributed by atoms with E-state index in [2.05, 4.69) is 39.0 Å². The van der Waals surface area contributed by atoms with Gasteiger partial charge < -0.3 is 4.90 Å². The summed E-state index contributed by atoms with van der Waals surface area (Å²) in [4.78, 5) is 13.9. The Morgan fingerprint density at radius 3 is 2.79 bits per heavy atom. The largest absolute Gasteiger partial charge is 0.336 e. The molecule has 1 unspecified atom stereocenters. The molecule has 0 radical (unpaired) electrons. The minimum Gasteiger partial charge on any atom is -0.336 e. The SMILES string of the molecule is CC1CN(C(=O)C2=CCC2)CCN1I. The van der Waals surface area contributed by atoms with Crippen LogP contribution in [0.2, 0.25) is 0 Å². The van der Waals surface area contributed by atoms with Crippen molar-refractivity contribution in [3.63, 3.8) is 0 Å². The van der Waals surface area contributed by atoms with E-state index in [1.165, 1.54) is 0 Å². The van der Waals surface area contributed by atoms with Gasteiger partial charge in [-0.2, -0.15) is 0 Å². The van der Waals surface area contributed by atoms with Crippen molar-refractivity contribution < 1.29 is 4.79 Å². The van der Waals surface area contributed by atoms with Gasteiger partial charge in [-0.1, -0.05) is 6.08 Å². The van der Waals surface area contributed by atoms with Gasteiger partial charge in [-0.15, -0.1) is 0 Å². The molecule has 0 aromatic heterocycles. The van der Waals surface area contributed by atoms with Crippen molar-refractivity contribution in [2.24, 2.45) is 0 Å². The lowest BCUT2D eigenvalue weighted by Crippen LogP contribution is -2.50. The van der Waals surface area contributed by atoms with Crippen LogP contribution >= 0.6 is 22.9 Å². The summed E-state index contributed by atoms with van der Waals surface area (Å²) in [5, 5.41) is 0. The molecule has 2 rings (SSSR count). The van der Waals surface area contributed by atoms with Crippen LogP contribution in [0, 0.1) is 0 Å². The first kappa shape index (κ1) is 10.4. The van der Waals surface area contributed by atoms with Gasteiger partial charge in [0.25, 0.3) is 0 Å². The molecule has 1 saturated heterocycles. The molecule has 0 N–H and O–H groups in total. The van der Waals surface area contributed by atoms with Crippen molar-refractivity contribution in [3.8, 4) is 0 Å². The Hall–Kier alpha value is -0.100. The highest BCUT2D eigenvalue weighted by Gasteiger charge is 2.28. The summed E-state index contributed by atoms with van der Waals surface area (Å²) in [7, 11) is 0. The van der Waals surface area contributed by atoms with Crippen LogP contribution in [0.25, 0.3) is 0 Å². The number of carbonyl (C=O) groups is 1. The summed E-state index contributed by atoms with van der Waals surface area (Å²) in [5.41, 5.74) is 1.03. The second-order valence-electron chi connectivity index (χ2n) is 3.99. The molecule has 0 aromatic rings. The summed E-state index contributed by atoms with van der Waals surface area (Å²) in [6.45, 7) is 4.91. The van der Waals surface area contributed by atoms with Gasteiger partial charge in [0.2, 0.25) is 5.91 Å². The van der Waals surface area contributed by atoms with Crippen LogP contribution in [-0.4, -0.2) is 39.6 Å². The Bertz CT molecular complexity index is 277. The van der Waals surface area contributed by atoms with E-state index < -0.39 is 0 Å². The molecular weight excluding hydrogens is 291 g/mol. The summed E-state index contributed by atoms with van der Waals surface area (Å²) in [6, 6.07) is 0.481. The lowest BCUT2D eigenvalue weighted by molar-refractivity contribution is -0.129. The minimum absolute atomic E-state index is 0.271. The third kappa shape index (κ3) is 1.95. The Morgan fingerprint density at radius 2 is 2.29 bits per heavy atom. The number of carbonyl (C=O) groups excluding carboxylic acids is 1. The van der Waals surface area contributed by atoms with Crippen LogP contribution in [0.5, 0.6) is 0 Å². The molecule has 4 heteroatoms. The van der Waals surface area contributed by atoms with Crippen molar-refractivity contribution in [1.29, 1.82) is 0 Å². The molecule has 1 amide bonds. The molecule has 0 bridgehead atoms. The first-order valence-electron chi connectivity index (χ1n) is 5.09. The minimum atomic E-state index is 0.271. The van der Waals surface area contributed by atoms with E-state index in [9.17, 15) is 4.79 Å². The topological polar surface area (TPSA) is 23.6 Å². The number of halogens is 1. The van der Waals surface area contributed by atoms with Gasteiger partial charge in [0.05, 0.1) is 0 Å². The number of piperazine rings is 1. The predicted molar refractivity (Wildman–Crippen MR) is 64.1 cm³/mol. The first-order chi connectivity index (χ1) is 6.68. The molecule has 1 fully saturated rings. The average molecular weight is 306 g/mol. The molecule has 0 spiro atoms. The highest BCUT2D eigenvalue weighted by atomic mass is 127. The van der Waals surface area contributed by atoms with Gasteiger partial charge >= 0.3 is 0 Å². The molecule has 1 aliphatic heterocycles. The molecule has 0 saturated carbocycles. The van der Waals surface area contributed by atoms with Crippen molar-refractivity contribution in [2.75, 3.05) is 19.6 Å². The van der Waals surface area contributed by atoms with E-state index in [0.29, 0.717) is 6.04 Å². The lowest BCUT2D eigenvalue weighted by atomic mass is 9.97. The fourth-order valence-corrected chi connectivity index (χ4v) is 2.20. The quantitative estimate of drug-likeness (QED) is 0.542. The third-order valence-electron chi connectivity index (χ3n) is 2.91. The fourth-order valence-electron chi connectivity index (χ4n) is 1.81. The lowest BCUT2D eigenvalue weighted by Gasteiger charge is -2.37. The van der Waals surface area contributed by atoms with Gasteiger partial charge in [0, 0.05) is 54.1 Å². The summed E-state index contributed by atoms with van der Waals surface area (Å²) in [6.07, 6.45) is 4.13. The van der Waals surface area contributed by atoms with E-state index in [1.807, 2.05) is 4.90 Å². The van der Waals surface area contributed by atoms with Crippen molar-refractivity contribution >= 4 is 28.8 Å². The number of hydrogen-bond acceptors (Lipinski definition) is 2. The Balaban J connectivity index is 1.95. The van der Waals surface area contributed by atoms with Crippen LogP contribution in [0.15, 0.2) is 11.6 Å². The average Bonchev–Trinajstić information content (AvgIpc) is 2.06. The van der Waals surface area contributed by atoms with Gasteiger partial charge in [-0.3, -0.25) is 4.79 Å². The maximum Gasteiger partial charge on any atom is 0.249 e. The van der Waals surface area contributed by atoms with Crippen LogP contribution in [0.3, 0.4) is 0 Å². The molecule has 2 aliphatic rings. The van der Waals surface area contributed by atoms with Crippen molar-refractivity contribution in [3.05, 3.63) is 11.6 Å². The van der Waals surface area contributed by atoms with E-state index >= 15 is 0 Å². The predicted octanol–water partition coefficient (Wildman–Crippen LogP) is 1.59. The molecule has 1 aliphatic carbocycles. The zero-order valence-corrected chi connectivity index (χ0v) is 10.5. The van der Waals surface area contributed by atoms with E-state index in [4.69, 9.17) is 0 Å². The standard InChI is InChI=1S/C10H15IN2O/c1-8-7-12(5-6-13(8)11)10(14)9-3-2-4-9/h3,8H,2,4-7H2,1H3. The zero-order valence-electron chi connectivity index (χ0n) is 8.37. The Labute approximate surface area is 98.6 Å². The van der Waals surface area contributed by atoms with Gasteiger partial charge in [0.15, 0.2) is 0 Å². The smallest absolute Gasteiger partial charge is 0.249 e. The van der Waals surface area contributed by atoms with Crippen LogP contribution in [-0.2, 0) is 4.79 Å². The number of hydrogen-bond donors (Lipinski definition) is 0. The molecule has 1 heterocycles. The second-order valence-corrected chi connectivity index (χ2v) is 5.23. The van der Waals surface area contributed by atoms with Crippen LogP contribution in [0.4, 0.5) is 0 Å². The van der Waals surface area contributed by atoms with Gasteiger partial charge in [-0.25, -0.2) is 3.11 Å². The molecule has 0 aromatic carbocycles. The Kier molecular flexibility index (Phi) is 3.11. The maximum atomic E-state index is 11.9. The normalized spacial score (nSPS) is 28.3. The maximum absolute atomic E-state index is 11.9. The molecular formula is C10H15IN2O. The third-order valence-corrected chi connectivity index (χ3v) is 4.35. The fraction of sp³-hybridized carbons (Fsp3) is 0.700. The number of nitrogens with zero attached hydrogens (tertiary/aromatic N) is 2. The van der Waals surface area contributed by atoms with Crippen molar-refractivity contribution in [2.45, 2.75) is 25.8 Å². The van der Waals surface area contributed by atoms with E-state index in [-0.39, 0.29) is 5.91 Å². The monoisotopic (exact) mass is 306 g/mol. The molecule has 14 heavy (non-hydrogen) atoms. The highest BCUT2D eigenvalue weighted by Crippen LogP contribution is 2.22. The van der Waals surface area contributed by atoms with E-state index in [1.54, 1.807) is 0 Å². The number of allylic oxidation sites excluding steroid dienone is 1. The molecule has 3 nitrogen and oxygen atoms in total. The summed E-state index contributed by atoms with van der Waals surface area (Å²) < 4.78 is 2.27. The molecule has 78 valence electrons. The van der Waals surface area contributed by atoms with Crippen LogP contribution in [0.1, 0.15) is 19.8 Å². The highest BCUT2D eigenvalue weighted by molar-refractivity contribution is 14.1. The van der Waals surface area contributed by atoms with Gasteiger partial charge in [-0.05, 0) is 19.8 Å². The first-order valence-corrected chi connectivity index (χ1v) is 6.05. The van der Waals surface area contributed by atoms with E-state index in [0.717, 1.165) is 38.0 Å². The molecule has 1 atom stereocenters. The Morgan fingerprint density at radius 1 is 1.57 bits per heavy atom. The van der Waals surface area contributed by atoms with Crippen molar-refractivity contribution in [1.82, 2.24) is 8.01 Å². The number of amides is 1. The number of rotatable bonds is 1. The summed E-state index contributed by atoms with van der Waals surface area (Å²) >= 11 is 2.34. The summed E-state index contributed by atoms with van der Waals surface area (Å²) in [5.74, 6) is 0.271. The van der Waals surface area contributed by atoms with Crippen LogP contribution < -0.4 is 0 Å². The second kappa shape index (κ2) is 4.18. The van der Waals surface area contributed by atoms with Gasteiger partial charge in [0.1, 0.15) is 0 Å².